The zero-order chi connectivity index (χ0) is 24.1. The molecular weight excluding hydrogens is 420 g/mol. The summed E-state index contributed by atoms with van der Waals surface area (Å²) < 4.78 is 10.8. The molecule has 3 nitrogen and oxygen atoms in total. The summed E-state index contributed by atoms with van der Waals surface area (Å²) in [6.45, 7) is 8.73. The first-order valence-electron chi connectivity index (χ1n) is 11.7. The Morgan fingerprint density at radius 1 is 0.529 bits per heavy atom. The molecule has 0 aromatic heterocycles. The number of hydrogen-bond donors (Lipinski definition) is 0. The second-order valence-electron chi connectivity index (χ2n) is 8.99. The van der Waals surface area contributed by atoms with E-state index in [0.29, 0.717) is 23.3 Å². The molecule has 0 amide bonds. The SMILES string of the molecule is CC(C)c1ccccc1-c1ccc(OC(=O)Oc2ccc(-c3ccccc3C(C)C)cc2)cc1. The lowest BCUT2D eigenvalue weighted by Gasteiger charge is -2.13. The summed E-state index contributed by atoms with van der Waals surface area (Å²) in [6.07, 6.45) is -0.759. The molecule has 0 saturated carbocycles. The van der Waals surface area contributed by atoms with Gasteiger partial charge in [-0.2, -0.15) is 0 Å². The van der Waals surface area contributed by atoms with E-state index >= 15 is 0 Å². The van der Waals surface area contributed by atoms with Gasteiger partial charge in [-0.15, -0.1) is 0 Å². The van der Waals surface area contributed by atoms with Crippen molar-refractivity contribution < 1.29 is 14.3 Å². The first kappa shape index (κ1) is 23.3. The van der Waals surface area contributed by atoms with Crippen molar-refractivity contribution in [2.75, 3.05) is 0 Å². The van der Waals surface area contributed by atoms with E-state index in [0.717, 1.165) is 11.1 Å². The van der Waals surface area contributed by atoms with E-state index in [1.165, 1.54) is 22.3 Å². The Kier molecular flexibility index (Phi) is 7.12. The van der Waals surface area contributed by atoms with Gasteiger partial charge in [0.1, 0.15) is 11.5 Å². The third-order valence-corrected chi connectivity index (χ3v) is 5.90. The van der Waals surface area contributed by atoms with E-state index < -0.39 is 6.16 Å². The molecule has 0 aliphatic carbocycles. The minimum Gasteiger partial charge on any atom is -0.395 e. The van der Waals surface area contributed by atoms with Gasteiger partial charge in [0.2, 0.25) is 0 Å². The van der Waals surface area contributed by atoms with Crippen molar-refractivity contribution in [3.05, 3.63) is 108 Å². The maximum atomic E-state index is 12.3. The van der Waals surface area contributed by atoms with E-state index in [-0.39, 0.29) is 0 Å². The fourth-order valence-electron chi connectivity index (χ4n) is 4.15. The van der Waals surface area contributed by atoms with Gasteiger partial charge >= 0.3 is 6.16 Å². The number of hydrogen-bond acceptors (Lipinski definition) is 3. The Morgan fingerprint density at radius 3 is 1.24 bits per heavy atom. The van der Waals surface area contributed by atoms with Gasteiger partial charge in [-0.25, -0.2) is 4.79 Å². The van der Waals surface area contributed by atoms with Gasteiger partial charge in [0, 0.05) is 0 Å². The fraction of sp³-hybridized carbons (Fsp3) is 0.194. The van der Waals surface area contributed by atoms with Crippen molar-refractivity contribution in [2.45, 2.75) is 39.5 Å². The van der Waals surface area contributed by atoms with Crippen molar-refractivity contribution >= 4 is 6.16 Å². The van der Waals surface area contributed by atoms with Gasteiger partial charge in [0.25, 0.3) is 0 Å². The lowest BCUT2D eigenvalue weighted by atomic mass is 9.93. The summed E-state index contributed by atoms with van der Waals surface area (Å²) in [5.41, 5.74) is 7.12. The summed E-state index contributed by atoms with van der Waals surface area (Å²) in [4.78, 5) is 12.3. The van der Waals surface area contributed by atoms with Crippen LogP contribution in [0.1, 0.15) is 50.7 Å². The maximum absolute atomic E-state index is 12.3. The molecule has 4 aromatic carbocycles. The van der Waals surface area contributed by atoms with Gasteiger partial charge in [-0.1, -0.05) is 100 Å². The van der Waals surface area contributed by atoms with Crippen molar-refractivity contribution in [1.82, 2.24) is 0 Å². The average molecular weight is 451 g/mol. The van der Waals surface area contributed by atoms with Gasteiger partial charge < -0.3 is 9.47 Å². The first-order chi connectivity index (χ1) is 16.4. The molecule has 0 N–H and O–H groups in total. The molecule has 4 aromatic rings. The topological polar surface area (TPSA) is 35.5 Å². The molecule has 0 atom stereocenters. The Balaban J connectivity index is 1.42. The van der Waals surface area contributed by atoms with Gasteiger partial charge in [-0.3, -0.25) is 0 Å². The van der Waals surface area contributed by atoms with Crippen molar-refractivity contribution in [1.29, 1.82) is 0 Å². The largest absolute Gasteiger partial charge is 0.519 e. The maximum Gasteiger partial charge on any atom is 0.519 e. The molecule has 0 heterocycles. The van der Waals surface area contributed by atoms with E-state index in [1.807, 2.05) is 36.4 Å². The Hall–Kier alpha value is -3.85. The molecule has 0 aliphatic rings. The number of benzene rings is 4. The first-order valence-corrected chi connectivity index (χ1v) is 11.7. The monoisotopic (exact) mass is 450 g/mol. The minimum atomic E-state index is -0.759. The molecule has 0 spiro atoms. The zero-order valence-electron chi connectivity index (χ0n) is 20.1. The highest BCUT2D eigenvalue weighted by atomic mass is 16.7. The van der Waals surface area contributed by atoms with E-state index in [4.69, 9.17) is 9.47 Å². The number of carbonyl (C=O) groups is 1. The smallest absolute Gasteiger partial charge is 0.395 e. The predicted molar refractivity (Wildman–Crippen MR) is 139 cm³/mol. The third-order valence-electron chi connectivity index (χ3n) is 5.90. The van der Waals surface area contributed by atoms with Crippen molar-refractivity contribution in [3.8, 4) is 33.8 Å². The number of rotatable bonds is 6. The van der Waals surface area contributed by atoms with Crippen LogP contribution in [0.2, 0.25) is 0 Å². The van der Waals surface area contributed by atoms with Crippen LogP contribution in [0.3, 0.4) is 0 Å². The van der Waals surface area contributed by atoms with Gasteiger partial charge in [0.05, 0.1) is 0 Å². The van der Waals surface area contributed by atoms with E-state index in [1.54, 1.807) is 24.3 Å². The van der Waals surface area contributed by atoms with Crippen LogP contribution < -0.4 is 9.47 Å². The summed E-state index contributed by atoms with van der Waals surface area (Å²) in [7, 11) is 0. The van der Waals surface area contributed by atoms with E-state index in [2.05, 4.69) is 64.1 Å². The Morgan fingerprint density at radius 2 is 0.882 bits per heavy atom. The van der Waals surface area contributed by atoms with Crippen LogP contribution in [0.5, 0.6) is 11.5 Å². The molecule has 0 bridgehead atoms. The molecule has 3 heteroatoms. The lowest BCUT2D eigenvalue weighted by molar-refractivity contribution is 0.152. The average Bonchev–Trinajstić information content (AvgIpc) is 2.85. The third kappa shape index (κ3) is 5.37. The molecule has 0 unspecified atom stereocenters. The lowest BCUT2D eigenvalue weighted by Crippen LogP contribution is -2.13. The summed E-state index contributed by atoms with van der Waals surface area (Å²) in [5.74, 6) is 1.73. The molecule has 34 heavy (non-hydrogen) atoms. The molecular formula is C31H30O3. The van der Waals surface area contributed by atoms with Crippen LogP contribution in [-0.4, -0.2) is 6.16 Å². The molecule has 0 saturated heterocycles. The highest BCUT2D eigenvalue weighted by Crippen LogP contribution is 2.31. The van der Waals surface area contributed by atoms with Crippen molar-refractivity contribution in [3.63, 3.8) is 0 Å². The highest BCUT2D eigenvalue weighted by molar-refractivity contribution is 5.72. The van der Waals surface area contributed by atoms with Crippen LogP contribution in [0.25, 0.3) is 22.3 Å². The summed E-state index contributed by atoms with van der Waals surface area (Å²) in [6, 6.07) is 31.7. The number of ether oxygens (including phenoxy) is 2. The quantitative estimate of drug-likeness (QED) is 0.217. The van der Waals surface area contributed by atoms with Crippen LogP contribution in [0.4, 0.5) is 4.79 Å². The zero-order valence-corrected chi connectivity index (χ0v) is 20.1. The van der Waals surface area contributed by atoms with Gasteiger partial charge in [-0.05, 0) is 69.5 Å². The predicted octanol–water partition coefficient (Wildman–Crippen LogP) is 8.85. The van der Waals surface area contributed by atoms with E-state index in [9.17, 15) is 4.79 Å². The van der Waals surface area contributed by atoms with Crippen LogP contribution in [0, 0.1) is 0 Å². The van der Waals surface area contributed by atoms with Crippen LogP contribution >= 0.6 is 0 Å². The summed E-state index contributed by atoms with van der Waals surface area (Å²) >= 11 is 0. The van der Waals surface area contributed by atoms with Crippen LogP contribution in [0.15, 0.2) is 97.1 Å². The molecule has 172 valence electrons. The molecule has 0 fully saturated rings. The standard InChI is InChI=1S/C31H30O3/c1-21(2)27-9-5-7-11-29(27)23-13-17-25(18-14-23)33-31(32)34-26-19-15-24(16-20-26)30-12-8-6-10-28(30)22(3)4/h5-22H,1-4H3. The second kappa shape index (κ2) is 10.4. The second-order valence-corrected chi connectivity index (χ2v) is 8.99. The van der Waals surface area contributed by atoms with Crippen molar-refractivity contribution in [2.24, 2.45) is 0 Å². The molecule has 0 aliphatic heterocycles. The molecule has 4 rings (SSSR count). The Bertz CT molecular complexity index is 1150. The fourth-order valence-corrected chi connectivity index (χ4v) is 4.15. The molecule has 0 radical (unpaired) electrons. The summed E-state index contributed by atoms with van der Waals surface area (Å²) in [5, 5.41) is 0. The highest BCUT2D eigenvalue weighted by Gasteiger charge is 2.12. The minimum absolute atomic E-state index is 0.423. The van der Waals surface area contributed by atoms with Crippen LogP contribution in [-0.2, 0) is 0 Å². The van der Waals surface area contributed by atoms with Gasteiger partial charge in [0.15, 0.2) is 0 Å². The number of carbonyl (C=O) groups excluding carboxylic acids is 1. The normalized spacial score (nSPS) is 11.0. The Labute approximate surface area is 202 Å².